The first-order valence-electron chi connectivity index (χ1n) is 10.4. The van der Waals surface area contributed by atoms with Gasteiger partial charge in [-0.1, -0.05) is 38.1 Å². The predicted octanol–water partition coefficient (Wildman–Crippen LogP) is 2.99. The minimum atomic E-state index is -3.86. The van der Waals surface area contributed by atoms with Crippen molar-refractivity contribution in [2.45, 2.75) is 37.9 Å². The van der Waals surface area contributed by atoms with Crippen molar-refractivity contribution in [2.24, 2.45) is 5.92 Å². The molecule has 2 amide bonds. The van der Waals surface area contributed by atoms with E-state index in [-0.39, 0.29) is 29.8 Å². The van der Waals surface area contributed by atoms with Crippen molar-refractivity contribution in [2.75, 3.05) is 6.54 Å². The molecule has 0 unspecified atom stereocenters. The summed E-state index contributed by atoms with van der Waals surface area (Å²) < 4.78 is 32.8. The van der Waals surface area contributed by atoms with E-state index in [1.54, 1.807) is 30.3 Å². The number of carbonyl (C=O) groups excluding carboxylic acids is 2. The number of furan rings is 1. The summed E-state index contributed by atoms with van der Waals surface area (Å²) in [5.74, 6) is -0.444. The molecule has 0 fully saturated rings. The van der Waals surface area contributed by atoms with Gasteiger partial charge in [0.25, 0.3) is 0 Å². The number of rotatable bonds is 11. The first-order chi connectivity index (χ1) is 15.8. The Hall–Kier alpha value is -2.95. The maximum absolute atomic E-state index is 13.2. The lowest BCUT2D eigenvalue weighted by Crippen LogP contribution is -2.53. The normalized spacial score (nSPS) is 12.5. The molecule has 1 atom stereocenters. The summed E-state index contributed by atoms with van der Waals surface area (Å²) in [7, 11) is -3.86. The standard InChI is InChI=1S/C23H27N3O5S2/c1-17(2)22(23(28)24-14-18-8-6-12-31-18)26(16-19-9-7-13-32-19)21(27)15-25-33(29,30)20-10-4-3-5-11-20/h3-13,17,22,25H,14-16H2,1-2H3,(H,24,28)/t22-/m1/s1. The average Bonchev–Trinajstić information content (AvgIpc) is 3.50. The average molecular weight is 490 g/mol. The van der Waals surface area contributed by atoms with Gasteiger partial charge in [0.05, 0.1) is 30.8 Å². The number of amides is 2. The van der Waals surface area contributed by atoms with Gasteiger partial charge in [0.1, 0.15) is 11.8 Å². The number of sulfonamides is 1. The number of nitrogens with one attached hydrogen (secondary N) is 2. The fraction of sp³-hybridized carbons (Fsp3) is 0.304. The molecule has 0 saturated heterocycles. The maximum Gasteiger partial charge on any atom is 0.243 e. The van der Waals surface area contributed by atoms with Gasteiger partial charge in [-0.2, -0.15) is 0 Å². The van der Waals surface area contributed by atoms with Crippen molar-refractivity contribution in [3.05, 3.63) is 76.9 Å². The van der Waals surface area contributed by atoms with E-state index in [0.717, 1.165) is 4.88 Å². The molecule has 1 aromatic carbocycles. The van der Waals surface area contributed by atoms with E-state index in [2.05, 4.69) is 10.0 Å². The SMILES string of the molecule is CC(C)[C@H](C(=O)NCc1ccco1)N(Cc1cccs1)C(=O)CNS(=O)(=O)c1ccccc1. The molecule has 0 bridgehead atoms. The van der Waals surface area contributed by atoms with Crippen LogP contribution in [0.5, 0.6) is 0 Å². The first-order valence-corrected chi connectivity index (χ1v) is 12.8. The molecule has 10 heteroatoms. The number of carbonyl (C=O) groups is 2. The molecular formula is C23H27N3O5S2. The second kappa shape index (κ2) is 11.3. The van der Waals surface area contributed by atoms with Crippen molar-refractivity contribution < 1.29 is 22.4 Å². The van der Waals surface area contributed by atoms with Gasteiger partial charge in [0, 0.05) is 4.88 Å². The van der Waals surface area contributed by atoms with E-state index in [1.165, 1.54) is 34.6 Å². The minimum absolute atomic E-state index is 0.0687. The zero-order chi connectivity index (χ0) is 23.8. The molecule has 2 aromatic heterocycles. The molecule has 0 aliphatic rings. The zero-order valence-corrected chi connectivity index (χ0v) is 20.1. The molecule has 2 heterocycles. The highest BCUT2D eigenvalue weighted by atomic mass is 32.2. The summed E-state index contributed by atoms with van der Waals surface area (Å²) in [5, 5.41) is 4.70. The summed E-state index contributed by atoms with van der Waals surface area (Å²) in [6, 6.07) is 14.3. The largest absolute Gasteiger partial charge is 0.467 e. The Morgan fingerprint density at radius 1 is 1.06 bits per heavy atom. The topological polar surface area (TPSA) is 109 Å². The van der Waals surface area contributed by atoms with Crippen LogP contribution in [0.1, 0.15) is 24.5 Å². The quantitative estimate of drug-likeness (QED) is 0.430. The molecule has 0 aliphatic carbocycles. The Kier molecular flexibility index (Phi) is 8.43. The second-order valence-corrected chi connectivity index (χ2v) is 10.5. The molecule has 8 nitrogen and oxygen atoms in total. The zero-order valence-electron chi connectivity index (χ0n) is 18.4. The Morgan fingerprint density at radius 2 is 1.82 bits per heavy atom. The molecule has 0 spiro atoms. The van der Waals surface area contributed by atoms with Crippen LogP contribution in [0.4, 0.5) is 0 Å². The van der Waals surface area contributed by atoms with Gasteiger partial charge in [0.15, 0.2) is 0 Å². The second-order valence-electron chi connectivity index (χ2n) is 7.72. The van der Waals surface area contributed by atoms with Gasteiger partial charge in [-0.3, -0.25) is 9.59 Å². The molecule has 0 saturated carbocycles. The lowest BCUT2D eigenvalue weighted by molar-refractivity contribution is -0.142. The van der Waals surface area contributed by atoms with Gasteiger partial charge in [-0.15, -0.1) is 11.3 Å². The molecular weight excluding hydrogens is 462 g/mol. The van der Waals surface area contributed by atoms with Crippen molar-refractivity contribution in [1.29, 1.82) is 0 Å². The predicted molar refractivity (Wildman–Crippen MR) is 126 cm³/mol. The van der Waals surface area contributed by atoms with Crippen LogP contribution in [0.2, 0.25) is 0 Å². The van der Waals surface area contributed by atoms with Gasteiger partial charge >= 0.3 is 0 Å². The van der Waals surface area contributed by atoms with Crippen LogP contribution in [0, 0.1) is 5.92 Å². The molecule has 3 rings (SSSR count). The van der Waals surface area contributed by atoms with Crippen molar-refractivity contribution in [3.8, 4) is 0 Å². The van der Waals surface area contributed by atoms with Gasteiger partial charge < -0.3 is 14.6 Å². The summed E-state index contributed by atoms with van der Waals surface area (Å²) >= 11 is 1.46. The lowest BCUT2D eigenvalue weighted by atomic mass is 10.0. The smallest absolute Gasteiger partial charge is 0.243 e. The number of hydrogen-bond acceptors (Lipinski definition) is 6. The minimum Gasteiger partial charge on any atom is -0.467 e. The summed E-state index contributed by atoms with van der Waals surface area (Å²) in [6.45, 7) is 3.62. The highest BCUT2D eigenvalue weighted by Gasteiger charge is 2.33. The molecule has 2 N–H and O–H groups in total. The van der Waals surface area contributed by atoms with E-state index in [0.29, 0.717) is 5.76 Å². The maximum atomic E-state index is 13.2. The van der Waals surface area contributed by atoms with Crippen LogP contribution >= 0.6 is 11.3 Å². The fourth-order valence-electron chi connectivity index (χ4n) is 3.35. The van der Waals surface area contributed by atoms with Crippen LogP contribution in [0.25, 0.3) is 0 Å². The number of nitrogens with zero attached hydrogens (tertiary/aromatic N) is 1. The Labute approximate surface area is 197 Å². The first kappa shape index (κ1) is 24.7. The van der Waals surface area contributed by atoms with E-state index in [4.69, 9.17) is 4.42 Å². The van der Waals surface area contributed by atoms with Gasteiger partial charge in [-0.05, 0) is 41.6 Å². The summed E-state index contributed by atoms with van der Waals surface area (Å²) in [5.41, 5.74) is 0. The Morgan fingerprint density at radius 3 is 2.42 bits per heavy atom. The molecule has 0 aliphatic heterocycles. The molecule has 3 aromatic rings. The highest BCUT2D eigenvalue weighted by molar-refractivity contribution is 7.89. The van der Waals surface area contributed by atoms with Crippen molar-refractivity contribution in [3.63, 3.8) is 0 Å². The summed E-state index contributed by atoms with van der Waals surface area (Å²) in [6.07, 6.45) is 1.52. The molecule has 33 heavy (non-hydrogen) atoms. The van der Waals surface area contributed by atoms with Crippen LogP contribution < -0.4 is 10.0 Å². The summed E-state index contributed by atoms with van der Waals surface area (Å²) in [4.78, 5) is 28.7. The number of hydrogen-bond donors (Lipinski definition) is 2. The van der Waals surface area contributed by atoms with Gasteiger partial charge in [0.2, 0.25) is 21.8 Å². The van der Waals surface area contributed by atoms with Crippen LogP contribution in [0.3, 0.4) is 0 Å². The van der Waals surface area contributed by atoms with Crippen molar-refractivity contribution >= 4 is 33.2 Å². The van der Waals surface area contributed by atoms with Crippen molar-refractivity contribution in [1.82, 2.24) is 14.9 Å². The van der Waals surface area contributed by atoms with E-state index < -0.39 is 28.5 Å². The van der Waals surface area contributed by atoms with E-state index >= 15 is 0 Å². The Balaban J connectivity index is 1.77. The van der Waals surface area contributed by atoms with E-state index in [1.807, 2.05) is 31.4 Å². The monoisotopic (exact) mass is 489 g/mol. The van der Waals surface area contributed by atoms with Crippen LogP contribution in [-0.4, -0.2) is 37.7 Å². The van der Waals surface area contributed by atoms with Crippen LogP contribution in [-0.2, 0) is 32.7 Å². The highest BCUT2D eigenvalue weighted by Crippen LogP contribution is 2.19. The number of thiophene rings is 1. The third-order valence-electron chi connectivity index (χ3n) is 4.95. The lowest BCUT2D eigenvalue weighted by Gasteiger charge is -2.33. The molecule has 176 valence electrons. The van der Waals surface area contributed by atoms with Crippen LogP contribution in [0.15, 0.2) is 75.6 Å². The molecule has 0 radical (unpaired) electrons. The number of benzene rings is 1. The third-order valence-corrected chi connectivity index (χ3v) is 7.22. The third kappa shape index (κ3) is 6.77. The Bertz CT molecular complexity index is 1130. The van der Waals surface area contributed by atoms with Gasteiger partial charge in [-0.25, -0.2) is 13.1 Å². The fourth-order valence-corrected chi connectivity index (χ4v) is 5.05. The van der Waals surface area contributed by atoms with E-state index in [9.17, 15) is 18.0 Å².